The summed E-state index contributed by atoms with van der Waals surface area (Å²) in [5.41, 5.74) is 7.85. The second kappa shape index (κ2) is 5.33. The topological polar surface area (TPSA) is 40.5 Å². The van der Waals surface area contributed by atoms with E-state index in [4.69, 9.17) is 0 Å². The normalized spacial score (nSPS) is 14.2. The van der Waals surface area contributed by atoms with Crippen LogP contribution in [0.4, 0.5) is 0 Å². The van der Waals surface area contributed by atoms with Crippen molar-refractivity contribution in [3.05, 3.63) is 77.9 Å². The van der Waals surface area contributed by atoms with Crippen molar-refractivity contribution in [1.29, 1.82) is 0 Å². The lowest BCUT2D eigenvalue weighted by Gasteiger charge is -2.21. The first-order valence-corrected chi connectivity index (χ1v) is 8.19. The van der Waals surface area contributed by atoms with Crippen LogP contribution in [0.15, 0.2) is 66.7 Å². The minimum atomic E-state index is -1.45. The lowest BCUT2D eigenvalue weighted by Crippen LogP contribution is -2.29. The van der Waals surface area contributed by atoms with Crippen molar-refractivity contribution in [2.75, 3.05) is 0 Å². The minimum Gasteiger partial charge on any atom is -0.423 e. The molecule has 0 bridgehead atoms. The highest BCUT2D eigenvalue weighted by atomic mass is 16.4. The Morgan fingerprint density at radius 2 is 1.42 bits per heavy atom. The van der Waals surface area contributed by atoms with E-state index in [-0.39, 0.29) is 5.41 Å². The average Bonchev–Trinajstić information content (AvgIpc) is 2.83. The van der Waals surface area contributed by atoms with Crippen LogP contribution in [-0.2, 0) is 5.41 Å². The fourth-order valence-corrected chi connectivity index (χ4v) is 3.78. The van der Waals surface area contributed by atoms with Gasteiger partial charge >= 0.3 is 7.12 Å². The Balaban J connectivity index is 1.88. The summed E-state index contributed by atoms with van der Waals surface area (Å²) in [7, 11) is -1.45. The summed E-state index contributed by atoms with van der Waals surface area (Å²) in [6, 6.07) is 22.5. The van der Waals surface area contributed by atoms with Gasteiger partial charge in [0.05, 0.1) is 0 Å². The Hall–Kier alpha value is -2.36. The molecule has 0 unspecified atom stereocenters. The molecule has 0 amide bonds. The van der Waals surface area contributed by atoms with Crippen molar-refractivity contribution in [3.63, 3.8) is 0 Å². The van der Waals surface area contributed by atoms with E-state index in [2.05, 4.69) is 56.3 Å². The molecule has 24 heavy (non-hydrogen) atoms. The Kier molecular flexibility index (Phi) is 3.38. The van der Waals surface area contributed by atoms with Crippen LogP contribution in [0.5, 0.6) is 0 Å². The molecule has 0 spiro atoms. The van der Waals surface area contributed by atoms with Crippen molar-refractivity contribution in [1.82, 2.24) is 0 Å². The quantitative estimate of drug-likeness (QED) is 0.712. The summed E-state index contributed by atoms with van der Waals surface area (Å²) in [5.74, 6) is 0. The summed E-state index contributed by atoms with van der Waals surface area (Å²) in [5, 5.41) is 18.8. The molecule has 0 saturated heterocycles. The third-order valence-corrected chi connectivity index (χ3v) is 5.10. The Labute approximate surface area is 142 Å². The second-order valence-corrected chi connectivity index (χ2v) is 6.93. The lowest BCUT2D eigenvalue weighted by atomic mass is 9.79. The van der Waals surface area contributed by atoms with Crippen molar-refractivity contribution >= 4 is 12.6 Å². The fraction of sp³-hybridized carbons (Fsp3) is 0.143. The molecule has 0 aliphatic heterocycles. The van der Waals surface area contributed by atoms with Gasteiger partial charge in [0, 0.05) is 5.41 Å². The predicted molar refractivity (Wildman–Crippen MR) is 99.3 cm³/mol. The van der Waals surface area contributed by atoms with Crippen LogP contribution < -0.4 is 5.46 Å². The Morgan fingerprint density at radius 1 is 0.708 bits per heavy atom. The molecule has 0 atom stereocenters. The zero-order chi connectivity index (χ0) is 16.9. The van der Waals surface area contributed by atoms with Gasteiger partial charge in [-0.25, -0.2) is 0 Å². The maximum Gasteiger partial charge on any atom is 0.488 e. The molecule has 4 rings (SSSR count). The standard InChI is InChI=1S/C21H19BO2/c1-21(2)19-9-4-3-8-17(19)18-13-15(10-11-20(18)21)14-6-5-7-16(12-14)22(23)24/h3-13,23-24H,1-2H3. The molecule has 0 heterocycles. The molecule has 0 fully saturated rings. The van der Waals surface area contributed by atoms with Crippen molar-refractivity contribution < 1.29 is 10.0 Å². The Bertz CT molecular complexity index is 929. The third-order valence-electron chi connectivity index (χ3n) is 5.10. The first-order valence-electron chi connectivity index (χ1n) is 8.19. The van der Waals surface area contributed by atoms with Gasteiger partial charge < -0.3 is 10.0 Å². The van der Waals surface area contributed by atoms with Gasteiger partial charge in [-0.05, 0) is 44.9 Å². The monoisotopic (exact) mass is 314 g/mol. The van der Waals surface area contributed by atoms with Crippen molar-refractivity contribution in [2.24, 2.45) is 0 Å². The minimum absolute atomic E-state index is 0.00754. The van der Waals surface area contributed by atoms with Crippen LogP contribution in [0, 0.1) is 0 Å². The molecule has 0 saturated carbocycles. The Morgan fingerprint density at radius 3 is 2.21 bits per heavy atom. The molecule has 2 N–H and O–H groups in total. The van der Waals surface area contributed by atoms with E-state index in [0.29, 0.717) is 5.46 Å². The highest BCUT2D eigenvalue weighted by Crippen LogP contribution is 2.49. The molecule has 0 aromatic heterocycles. The van der Waals surface area contributed by atoms with Gasteiger partial charge in [-0.1, -0.05) is 74.5 Å². The molecule has 3 aromatic rings. The maximum atomic E-state index is 9.40. The van der Waals surface area contributed by atoms with Gasteiger partial charge in [0.1, 0.15) is 0 Å². The summed E-state index contributed by atoms with van der Waals surface area (Å²) in [4.78, 5) is 0. The van der Waals surface area contributed by atoms with Crippen LogP contribution in [0.1, 0.15) is 25.0 Å². The van der Waals surface area contributed by atoms with Gasteiger partial charge in [0.25, 0.3) is 0 Å². The van der Waals surface area contributed by atoms with E-state index in [1.807, 2.05) is 18.2 Å². The smallest absolute Gasteiger partial charge is 0.423 e. The fourth-order valence-electron chi connectivity index (χ4n) is 3.78. The van der Waals surface area contributed by atoms with Crippen LogP contribution >= 0.6 is 0 Å². The zero-order valence-electron chi connectivity index (χ0n) is 13.8. The van der Waals surface area contributed by atoms with Crippen LogP contribution in [0.2, 0.25) is 0 Å². The van der Waals surface area contributed by atoms with Crippen LogP contribution in [0.25, 0.3) is 22.3 Å². The van der Waals surface area contributed by atoms with Crippen molar-refractivity contribution in [3.8, 4) is 22.3 Å². The molecule has 0 radical (unpaired) electrons. The van der Waals surface area contributed by atoms with Gasteiger partial charge in [0.15, 0.2) is 0 Å². The molecule has 1 aliphatic carbocycles. The first kappa shape index (κ1) is 15.2. The SMILES string of the molecule is CC1(C)c2ccccc2-c2cc(-c3cccc(B(O)O)c3)ccc21. The molecule has 118 valence electrons. The van der Waals surface area contributed by atoms with Gasteiger partial charge in [-0.3, -0.25) is 0 Å². The summed E-state index contributed by atoms with van der Waals surface area (Å²) in [6.07, 6.45) is 0. The largest absolute Gasteiger partial charge is 0.488 e. The van der Waals surface area contributed by atoms with E-state index < -0.39 is 7.12 Å². The lowest BCUT2D eigenvalue weighted by molar-refractivity contribution is 0.426. The zero-order valence-corrected chi connectivity index (χ0v) is 13.8. The van der Waals surface area contributed by atoms with Gasteiger partial charge in [-0.15, -0.1) is 0 Å². The van der Waals surface area contributed by atoms with E-state index in [1.165, 1.54) is 22.3 Å². The summed E-state index contributed by atoms with van der Waals surface area (Å²) in [6.45, 7) is 4.53. The van der Waals surface area contributed by atoms with Gasteiger partial charge in [0.2, 0.25) is 0 Å². The van der Waals surface area contributed by atoms with E-state index in [9.17, 15) is 10.0 Å². The third kappa shape index (κ3) is 2.21. The molecule has 3 heteroatoms. The summed E-state index contributed by atoms with van der Waals surface area (Å²) < 4.78 is 0. The number of fused-ring (bicyclic) bond motifs is 3. The highest BCUT2D eigenvalue weighted by molar-refractivity contribution is 6.58. The predicted octanol–water partition coefficient (Wildman–Crippen LogP) is 3.34. The van der Waals surface area contributed by atoms with E-state index >= 15 is 0 Å². The van der Waals surface area contributed by atoms with Crippen LogP contribution in [-0.4, -0.2) is 17.2 Å². The molecule has 3 aromatic carbocycles. The molecule has 2 nitrogen and oxygen atoms in total. The average molecular weight is 314 g/mol. The molecular weight excluding hydrogens is 295 g/mol. The van der Waals surface area contributed by atoms with Crippen LogP contribution in [0.3, 0.4) is 0 Å². The molecular formula is C21H19BO2. The number of hydrogen-bond acceptors (Lipinski definition) is 2. The van der Waals surface area contributed by atoms with E-state index in [1.54, 1.807) is 6.07 Å². The highest BCUT2D eigenvalue weighted by Gasteiger charge is 2.35. The number of hydrogen-bond donors (Lipinski definition) is 2. The number of benzene rings is 3. The van der Waals surface area contributed by atoms with Gasteiger partial charge in [-0.2, -0.15) is 0 Å². The first-order chi connectivity index (χ1) is 11.5. The maximum absolute atomic E-state index is 9.40. The van der Waals surface area contributed by atoms with E-state index in [0.717, 1.165) is 11.1 Å². The van der Waals surface area contributed by atoms with Crippen molar-refractivity contribution in [2.45, 2.75) is 19.3 Å². The number of rotatable bonds is 2. The second-order valence-electron chi connectivity index (χ2n) is 6.93. The summed E-state index contributed by atoms with van der Waals surface area (Å²) >= 11 is 0. The molecule has 1 aliphatic rings.